The van der Waals surface area contributed by atoms with Crippen LogP contribution in [-0.4, -0.2) is 84.2 Å². The molecule has 10 heteroatoms. The molecule has 0 heterocycles. The van der Waals surface area contributed by atoms with E-state index in [4.69, 9.17) is 14.2 Å². The van der Waals surface area contributed by atoms with Crippen LogP contribution in [0.3, 0.4) is 0 Å². The molecule has 3 unspecified atom stereocenters. The summed E-state index contributed by atoms with van der Waals surface area (Å²) < 4.78 is 15.6. The zero-order valence-electron chi connectivity index (χ0n) is 14.5. The van der Waals surface area contributed by atoms with E-state index in [0.717, 1.165) is 0 Å². The Morgan fingerprint density at radius 1 is 0.808 bits per heavy atom. The largest absolute Gasteiger partial charge is 0.550 e. The van der Waals surface area contributed by atoms with Crippen molar-refractivity contribution in [3.63, 3.8) is 0 Å². The Labute approximate surface area is 150 Å². The standard InChI is InChI=1S/C16H26O10/c1-24-9-5-8(17)10(3-6(9)15(20)21)26-14-7(16(22)23)4-11(25-2)12(18)13(14)19/h6-14,17-19H,3-5H2,1-2H3,(H,20,21)(H,22,23)/p-2/t6?,7?,8-,9+,10-,11-,12+,13?,14-/m1/s1. The number of carbonyl (C=O) groups excluding carboxylic acids is 2. The molecule has 0 radical (unpaired) electrons. The molecule has 0 spiro atoms. The smallest absolute Gasteiger partial charge is 0.109 e. The minimum Gasteiger partial charge on any atom is -0.550 e. The molecular formula is C16H24O10-2. The molecule has 2 aliphatic carbocycles. The Morgan fingerprint density at radius 3 is 1.85 bits per heavy atom. The molecule has 2 aliphatic rings. The molecule has 0 bridgehead atoms. The maximum Gasteiger partial charge on any atom is 0.109 e. The predicted octanol–water partition coefficient (Wildman–Crippen LogP) is -4.22. The summed E-state index contributed by atoms with van der Waals surface area (Å²) in [5.41, 5.74) is 0. The summed E-state index contributed by atoms with van der Waals surface area (Å²) in [6, 6.07) is 0. The number of methoxy groups -OCH3 is 2. The van der Waals surface area contributed by atoms with Crippen LogP contribution in [0.25, 0.3) is 0 Å². The Hall–Kier alpha value is -1.30. The first kappa shape index (κ1) is 21.0. The van der Waals surface area contributed by atoms with Gasteiger partial charge in [0.05, 0.1) is 30.5 Å². The summed E-state index contributed by atoms with van der Waals surface area (Å²) in [5, 5.41) is 53.3. The first-order valence-corrected chi connectivity index (χ1v) is 8.38. The van der Waals surface area contributed by atoms with Gasteiger partial charge in [-0.25, -0.2) is 0 Å². The quantitative estimate of drug-likeness (QED) is 0.413. The second kappa shape index (κ2) is 8.59. The zero-order chi connectivity index (χ0) is 19.6. The maximum absolute atomic E-state index is 11.4. The number of aliphatic hydroxyl groups excluding tert-OH is 3. The van der Waals surface area contributed by atoms with Crippen LogP contribution >= 0.6 is 0 Å². The van der Waals surface area contributed by atoms with E-state index < -0.39 is 66.5 Å². The van der Waals surface area contributed by atoms with Crippen molar-refractivity contribution < 1.29 is 49.3 Å². The molecular weight excluding hydrogens is 352 g/mol. The molecule has 0 aromatic heterocycles. The summed E-state index contributed by atoms with van der Waals surface area (Å²) in [4.78, 5) is 22.7. The first-order valence-electron chi connectivity index (χ1n) is 8.38. The van der Waals surface area contributed by atoms with Crippen LogP contribution in [0.4, 0.5) is 0 Å². The van der Waals surface area contributed by atoms with E-state index in [1.54, 1.807) is 0 Å². The van der Waals surface area contributed by atoms with Crippen LogP contribution in [0.2, 0.25) is 0 Å². The first-order chi connectivity index (χ1) is 12.2. The van der Waals surface area contributed by atoms with E-state index in [1.807, 2.05) is 0 Å². The normalized spacial score (nSPS) is 43.8. The number of carbonyl (C=O) groups is 2. The van der Waals surface area contributed by atoms with Gasteiger partial charge < -0.3 is 49.3 Å². The summed E-state index contributed by atoms with van der Waals surface area (Å²) in [7, 11) is 2.58. The molecule has 9 atom stereocenters. The highest BCUT2D eigenvalue weighted by Gasteiger charge is 2.48. The lowest BCUT2D eigenvalue weighted by Gasteiger charge is -2.46. The monoisotopic (exact) mass is 376 g/mol. The third-order valence-electron chi connectivity index (χ3n) is 5.33. The van der Waals surface area contributed by atoms with Gasteiger partial charge in [-0.1, -0.05) is 0 Å². The van der Waals surface area contributed by atoms with Gasteiger partial charge in [0.1, 0.15) is 12.2 Å². The van der Waals surface area contributed by atoms with Gasteiger partial charge >= 0.3 is 0 Å². The highest BCUT2D eigenvalue weighted by atomic mass is 16.5. The molecule has 2 rings (SSSR count). The van der Waals surface area contributed by atoms with Gasteiger partial charge in [0, 0.05) is 44.4 Å². The average Bonchev–Trinajstić information content (AvgIpc) is 2.59. The van der Waals surface area contributed by atoms with Gasteiger partial charge in [0.25, 0.3) is 0 Å². The van der Waals surface area contributed by atoms with Crippen LogP contribution in [0.1, 0.15) is 19.3 Å². The van der Waals surface area contributed by atoms with Crippen LogP contribution in [0.5, 0.6) is 0 Å². The Bertz CT molecular complexity index is 511. The van der Waals surface area contributed by atoms with Gasteiger partial charge in [-0.2, -0.15) is 0 Å². The van der Waals surface area contributed by atoms with Crippen molar-refractivity contribution >= 4 is 11.9 Å². The molecule has 26 heavy (non-hydrogen) atoms. The fourth-order valence-corrected chi connectivity index (χ4v) is 3.79. The van der Waals surface area contributed by atoms with Crippen molar-refractivity contribution in [3.8, 4) is 0 Å². The molecule has 0 aromatic carbocycles. The van der Waals surface area contributed by atoms with Crippen molar-refractivity contribution in [2.45, 2.75) is 62.0 Å². The second-order valence-corrected chi connectivity index (χ2v) is 6.79. The maximum atomic E-state index is 11.4. The van der Waals surface area contributed by atoms with Crippen molar-refractivity contribution in [3.05, 3.63) is 0 Å². The summed E-state index contributed by atoms with van der Waals surface area (Å²) in [6.45, 7) is 0. The summed E-state index contributed by atoms with van der Waals surface area (Å²) in [6.07, 6.45) is -8.69. The van der Waals surface area contributed by atoms with Crippen molar-refractivity contribution in [2.75, 3.05) is 14.2 Å². The number of hydrogen-bond donors (Lipinski definition) is 3. The van der Waals surface area contributed by atoms with Gasteiger partial charge in [-0.05, 0) is 12.8 Å². The molecule has 0 aromatic rings. The van der Waals surface area contributed by atoms with Gasteiger partial charge in [-0.15, -0.1) is 0 Å². The lowest BCUT2D eigenvalue weighted by atomic mass is 9.79. The molecule has 10 nitrogen and oxygen atoms in total. The number of carboxylic acids is 2. The van der Waals surface area contributed by atoms with Crippen molar-refractivity contribution in [1.82, 2.24) is 0 Å². The third-order valence-corrected chi connectivity index (χ3v) is 5.33. The van der Waals surface area contributed by atoms with Gasteiger partial charge in [0.2, 0.25) is 0 Å². The molecule has 150 valence electrons. The third kappa shape index (κ3) is 4.16. The number of aliphatic carboxylic acids is 2. The average molecular weight is 376 g/mol. The van der Waals surface area contributed by atoms with Gasteiger partial charge in [0.15, 0.2) is 0 Å². The number of hydrogen-bond acceptors (Lipinski definition) is 10. The summed E-state index contributed by atoms with van der Waals surface area (Å²) in [5.74, 6) is -5.24. The SMILES string of the molecule is CO[C@H]1C[C@@H](O)[C@H](O[C@@H]2C(C(=O)[O-])C[C@@H](OC)[C@H](O)C2O)CC1C(=O)[O-]. The molecule has 2 saturated carbocycles. The number of ether oxygens (including phenoxy) is 3. The Balaban J connectivity index is 2.18. The molecule has 3 N–H and O–H groups in total. The lowest BCUT2D eigenvalue weighted by Crippen LogP contribution is -2.61. The van der Waals surface area contributed by atoms with E-state index in [2.05, 4.69) is 0 Å². The van der Waals surface area contributed by atoms with E-state index in [0.29, 0.717) is 0 Å². The minimum absolute atomic E-state index is 0.0537. The van der Waals surface area contributed by atoms with Crippen molar-refractivity contribution in [2.24, 2.45) is 11.8 Å². The molecule has 0 amide bonds. The van der Waals surface area contributed by atoms with E-state index >= 15 is 0 Å². The second-order valence-electron chi connectivity index (χ2n) is 6.79. The fourth-order valence-electron chi connectivity index (χ4n) is 3.79. The molecule has 0 aliphatic heterocycles. The lowest BCUT2D eigenvalue weighted by molar-refractivity contribution is -0.327. The Kier molecular flexibility index (Phi) is 6.94. The zero-order valence-corrected chi connectivity index (χ0v) is 14.5. The summed E-state index contributed by atoms with van der Waals surface area (Å²) >= 11 is 0. The highest BCUT2D eigenvalue weighted by Crippen LogP contribution is 2.35. The van der Waals surface area contributed by atoms with Gasteiger partial charge in [-0.3, -0.25) is 0 Å². The minimum atomic E-state index is -1.61. The van der Waals surface area contributed by atoms with Crippen LogP contribution in [0, 0.1) is 11.8 Å². The number of aliphatic hydroxyl groups is 3. The van der Waals surface area contributed by atoms with E-state index in [9.17, 15) is 35.1 Å². The van der Waals surface area contributed by atoms with E-state index in [1.165, 1.54) is 14.2 Å². The topological polar surface area (TPSA) is 169 Å². The predicted molar refractivity (Wildman–Crippen MR) is 79.1 cm³/mol. The van der Waals surface area contributed by atoms with Crippen LogP contribution in [0.15, 0.2) is 0 Å². The Morgan fingerprint density at radius 2 is 1.35 bits per heavy atom. The highest BCUT2D eigenvalue weighted by molar-refractivity contribution is 5.69. The number of rotatable bonds is 6. The number of carboxylic acid groups (broad SMARTS) is 2. The van der Waals surface area contributed by atoms with E-state index in [-0.39, 0.29) is 19.3 Å². The van der Waals surface area contributed by atoms with Crippen LogP contribution < -0.4 is 10.2 Å². The molecule has 2 fully saturated rings. The molecule has 0 saturated heterocycles. The van der Waals surface area contributed by atoms with Crippen molar-refractivity contribution in [1.29, 1.82) is 0 Å². The fraction of sp³-hybridized carbons (Fsp3) is 0.875. The van der Waals surface area contributed by atoms with Crippen LogP contribution in [-0.2, 0) is 23.8 Å².